The third-order valence-electron chi connectivity index (χ3n) is 5.96. The third-order valence-corrected chi connectivity index (χ3v) is 5.96. The topological polar surface area (TPSA) is 77.5 Å². The van der Waals surface area contributed by atoms with Crippen molar-refractivity contribution in [2.45, 2.75) is 19.4 Å². The molecule has 0 aliphatic carbocycles. The van der Waals surface area contributed by atoms with Gasteiger partial charge in [-0.2, -0.15) is 0 Å². The van der Waals surface area contributed by atoms with E-state index in [1.165, 1.54) is 0 Å². The highest BCUT2D eigenvalue weighted by molar-refractivity contribution is 5.89. The summed E-state index contributed by atoms with van der Waals surface area (Å²) in [4.78, 5) is 29.0. The predicted octanol–water partition coefficient (Wildman–Crippen LogP) is 2.77. The molecule has 1 aliphatic heterocycles. The summed E-state index contributed by atoms with van der Waals surface area (Å²) < 4.78 is 21.3. The summed E-state index contributed by atoms with van der Waals surface area (Å²) in [7, 11) is 8.13. The van der Waals surface area contributed by atoms with Gasteiger partial charge in [-0.25, -0.2) is 0 Å². The number of rotatable bonds is 10. The summed E-state index contributed by atoms with van der Waals surface area (Å²) in [5, 5.41) is 0. The molecule has 1 fully saturated rings. The van der Waals surface area contributed by atoms with Crippen LogP contribution in [0.3, 0.4) is 0 Å². The van der Waals surface area contributed by atoms with E-state index in [1.807, 2.05) is 30.3 Å². The number of hydrogen-bond acceptors (Lipinski definition) is 6. The van der Waals surface area contributed by atoms with Crippen molar-refractivity contribution in [2.24, 2.45) is 5.92 Å². The maximum absolute atomic E-state index is 13.0. The van der Waals surface area contributed by atoms with Gasteiger partial charge in [-0.3, -0.25) is 9.59 Å². The Balaban J connectivity index is 1.58. The van der Waals surface area contributed by atoms with Gasteiger partial charge < -0.3 is 28.7 Å². The third kappa shape index (κ3) is 5.69. The molecule has 8 nitrogen and oxygen atoms in total. The Morgan fingerprint density at radius 1 is 0.970 bits per heavy atom. The van der Waals surface area contributed by atoms with Crippen LogP contribution in [0.4, 0.5) is 0 Å². The van der Waals surface area contributed by atoms with E-state index < -0.39 is 0 Å². The minimum atomic E-state index is -0.350. The van der Waals surface area contributed by atoms with E-state index in [4.69, 9.17) is 18.9 Å². The second-order valence-corrected chi connectivity index (χ2v) is 8.05. The Morgan fingerprint density at radius 3 is 2.36 bits per heavy atom. The molecule has 0 spiro atoms. The van der Waals surface area contributed by atoms with E-state index in [0.29, 0.717) is 49.1 Å². The van der Waals surface area contributed by atoms with Gasteiger partial charge in [-0.1, -0.05) is 6.07 Å². The molecule has 3 rings (SSSR count). The van der Waals surface area contributed by atoms with E-state index in [2.05, 4.69) is 0 Å². The molecule has 1 saturated heterocycles. The maximum Gasteiger partial charge on any atom is 0.228 e. The summed E-state index contributed by atoms with van der Waals surface area (Å²) >= 11 is 0. The summed E-state index contributed by atoms with van der Waals surface area (Å²) in [5.41, 5.74) is 1.92. The summed E-state index contributed by atoms with van der Waals surface area (Å²) in [6, 6.07) is 11.2. The lowest BCUT2D eigenvalue weighted by Gasteiger charge is -2.22. The van der Waals surface area contributed by atoms with Crippen molar-refractivity contribution >= 4 is 11.8 Å². The summed E-state index contributed by atoms with van der Waals surface area (Å²) in [5.74, 6) is 2.28. The molecule has 0 radical (unpaired) electrons. The minimum absolute atomic E-state index is 0.00394. The minimum Gasteiger partial charge on any atom is -0.497 e. The number of nitrogens with zero attached hydrogens (tertiary/aromatic N) is 2. The predicted molar refractivity (Wildman–Crippen MR) is 124 cm³/mol. The van der Waals surface area contributed by atoms with Gasteiger partial charge >= 0.3 is 0 Å². The first kappa shape index (κ1) is 24.2. The quantitative estimate of drug-likeness (QED) is 0.547. The van der Waals surface area contributed by atoms with Crippen LogP contribution in [0.1, 0.15) is 17.5 Å². The van der Waals surface area contributed by atoms with E-state index in [0.717, 1.165) is 11.1 Å². The zero-order valence-electron chi connectivity index (χ0n) is 19.9. The zero-order chi connectivity index (χ0) is 24.0. The molecule has 2 aromatic rings. The number of hydrogen-bond donors (Lipinski definition) is 0. The number of likely N-dealkylation sites (tertiary alicyclic amines) is 1. The number of carbonyl (C=O) groups is 2. The Hall–Kier alpha value is -3.42. The molecule has 1 heterocycles. The average Bonchev–Trinajstić information content (AvgIpc) is 3.22. The van der Waals surface area contributed by atoms with Crippen LogP contribution < -0.4 is 18.9 Å². The van der Waals surface area contributed by atoms with Crippen LogP contribution in [0.2, 0.25) is 0 Å². The smallest absolute Gasteiger partial charge is 0.228 e. The van der Waals surface area contributed by atoms with Gasteiger partial charge in [0.25, 0.3) is 0 Å². The average molecular weight is 457 g/mol. The van der Waals surface area contributed by atoms with Crippen LogP contribution in [0.15, 0.2) is 36.4 Å². The van der Waals surface area contributed by atoms with Gasteiger partial charge in [0.15, 0.2) is 11.5 Å². The molecule has 2 amide bonds. The molecular weight excluding hydrogens is 424 g/mol. The van der Waals surface area contributed by atoms with Crippen LogP contribution >= 0.6 is 0 Å². The van der Waals surface area contributed by atoms with E-state index >= 15 is 0 Å². The van der Waals surface area contributed by atoms with Crippen molar-refractivity contribution in [3.05, 3.63) is 47.5 Å². The Morgan fingerprint density at radius 2 is 1.70 bits per heavy atom. The van der Waals surface area contributed by atoms with Gasteiger partial charge in [0.1, 0.15) is 11.5 Å². The lowest BCUT2D eigenvalue weighted by Crippen LogP contribution is -2.34. The molecule has 8 heteroatoms. The lowest BCUT2D eigenvalue weighted by molar-refractivity contribution is -0.135. The summed E-state index contributed by atoms with van der Waals surface area (Å²) in [6.07, 6.45) is 0.904. The van der Waals surface area contributed by atoms with Gasteiger partial charge in [-0.15, -0.1) is 0 Å². The number of ether oxygens (including phenoxy) is 4. The zero-order valence-corrected chi connectivity index (χ0v) is 19.9. The molecule has 178 valence electrons. The van der Waals surface area contributed by atoms with Crippen LogP contribution in [0.25, 0.3) is 0 Å². The molecule has 0 N–H and O–H groups in total. The number of amides is 2. The van der Waals surface area contributed by atoms with Crippen molar-refractivity contribution in [1.29, 1.82) is 0 Å². The van der Waals surface area contributed by atoms with E-state index in [-0.39, 0.29) is 24.2 Å². The van der Waals surface area contributed by atoms with E-state index in [1.54, 1.807) is 51.4 Å². The Labute approximate surface area is 195 Å². The SMILES string of the molecule is COc1ccc(CN(C)C(=O)C2CC(=O)N(CCc3ccc(OC)c(OC)c3)C2)c(OC)c1. The van der Waals surface area contributed by atoms with Gasteiger partial charge in [-0.05, 0) is 36.2 Å². The first-order valence-electron chi connectivity index (χ1n) is 10.8. The molecule has 1 aliphatic rings. The van der Waals surface area contributed by atoms with Crippen LogP contribution in [-0.2, 0) is 22.6 Å². The first-order chi connectivity index (χ1) is 15.9. The second-order valence-electron chi connectivity index (χ2n) is 8.05. The Bertz CT molecular complexity index is 993. The fourth-order valence-corrected chi connectivity index (χ4v) is 4.08. The molecule has 33 heavy (non-hydrogen) atoms. The molecule has 1 atom stereocenters. The number of carbonyl (C=O) groups excluding carboxylic acids is 2. The standard InChI is InChI=1S/C25H32N2O6/c1-26(15-18-7-8-20(30-2)14-22(18)32-4)25(29)19-13-24(28)27(16-19)11-10-17-6-9-21(31-3)23(12-17)33-5/h6-9,12,14,19H,10-11,13,15-16H2,1-5H3. The monoisotopic (exact) mass is 456 g/mol. The van der Waals surface area contributed by atoms with Crippen LogP contribution in [0.5, 0.6) is 23.0 Å². The van der Waals surface area contributed by atoms with Gasteiger partial charge in [0, 0.05) is 44.7 Å². The normalized spacial score (nSPS) is 15.4. The fraction of sp³-hybridized carbons (Fsp3) is 0.440. The van der Waals surface area contributed by atoms with Gasteiger partial charge in [0.05, 0.1) is 34.4 Å². The maximum atomic E-state index is 13.0. The molecule has 0 saturated carbocycles. The summed E-state index contributed by atoms with van der Waals surface area (Å²) in [6.45, 7) is 1.37. The van der Waals surface area contributed by atoms with Crippen LogP contribution in [0, 0.1) is 5.92 Å². The van der Waals surface area contributed by atoms with E-state index in [9.17, 15) is 9.59 Å². The van der Waals surface area contributed by atoms with Crippen molar-refractivity contribution in [3.63, 3.8) is 0 Å². The van der Waals surface area contributed by atoms with Crippen molar-refractivity contribution in [2.75, 3.05) is 48.6 Å². The van der Waals surface area contributed by atoms with Crippen LogP contribution in [-0.4, -0.2) is 70.2 Å². The highest BCUT2D eigenvalue weighted by Crippen LogP contribution is 2.29. The van der Waals surface area contributed by atoms with Crippen molar-refractivity contribution in [3.8, 4) is 23.0 Å². The van der Waals surface area contributed by atoms with Crippen molar-refractivity contribution < 1.29 is 28.5 Å². The number of methoxy groups -OCH3 is 4. The number of benzene rings is 2. The molecular formula is C25H32N2O6. The first-order valence-corrected chi connectivity index (χ1v) is 10.8. The molecule has 0 bridgehead atoms. The lowest BCUT2D eigenvalue weighted by atomic mass is 10.1. The molecule has 0 aromatic heterocycles. The van der Waals surface area contributed by atoms with Gasteiger partial charge in [0.2, 0.25) is 11.8 Å². The molecule has 2 aromatic carbocycles. The second kappa shape index (κ2) is 10.9. The fourth-order valence-electron chi connectivity index (χ4n) is 4.08. The highest BCUT2D eigenvalue weighted by Gasteiger charge is 2.35. The highest BCUT2D eigenvalue weighted by atomic mass is 16.5. The van der Waals surface area contributed by atoms with Crippen molar-refractivity contribution in [1.82, 2.24) is 9.80 Å². The molecule has 1 unspecified atom stereocenters. The Kier molecular flexibility index (Phi) is 8.03. The largest absolute Gasteiger partial charge is 0.497 e.